The van der Waals surface area contributed by atoms with Crippen LogP contribution in [0.2, 0.25) is 0 Å². The molecule has 0 atom stereocenters. The Morgan fingerprint density at radius 1 is 1.38 bits per heavy atom. The lowest BCUT2D eigenvalue weighted by atomic mass is 10.2. The molecule has 0 aliphatic carbocycles. The zero-order chi connectivity index (χ0) is 10.3. The molecular formula is C10H21NO2. The van der Waals surface area contributed by atoms with Crippen LogP contribution in [0.1, 0.15) is 40.5 Å². The highest BCUT2D eigenvalue weighted by atomic mass is 16.6. The molecule has 3 heteroatoms. The van der Waals surface area contributed by atoms with Gasteiger partial charge in [-0.3, -0.25) is 4.79 Å². The summed E-state index contributed by atoms with van der Waals surface area (Å²) in [5.74, 6) is -0.106. The number of carbonyl (C=O) groups is 1. The average molecular weight is 187 g/mol. The number of nitrogens with one attached hydrogen (secondary N) is 1. The maximum absolute atomic E-state index is 11.2. The summed E-state index contributed by atoms with van der Waals surface area (Å²) in [6, 6.07) is 0. The summed E-state index contributed by atoms with van der Waals surface area (Å²) in [6.45, 7) is 9.54. The van der Waals surface area contributed by atoms with Gasteiger partial charge in [-0.1, -0.05) is 6.92 Å². The van der Waals surface area contributed by atoms with E-state index in [9.17, 15) is 4.79 Å². The summed E-state index contributed by atoms with van der Waals surface area (Å²) in [7, 11) is 0. The van der Waals surface area contributed by atoms with Gasteiger partial charge in [0.1, 0.15) is 5.60 Å². The summed E-state index contributed by atoms with van der Waals surface area (Å²) < 4.78 is 5.15. The number of rotatable bonds is 5. The van der Waals surface area contributed by atoms with E-state index in [0.717, 1.165) is 19.5 Å². The molecule has 0 rings (SSSR count). The first kappa shape index (κ1) is 12.4. The van der Waals surface area contributed by atoms with Crippen LogP contribution in [-0.2, 0) is 9.53 Å². The van der Waals surface area contributed by atoms with E-state index in [1.807, 2.05) is 27.7 Å². The molecule has 1 N–H and O–H groups in total. The normalized spacial score (nSPS) is 11.4. The van der Waals surface area contributed by atoms with E-state index in [0.29, 0.717) is 6.42 Å². The Morgan fingerprint density at radius 3 is 2.46 bits per heavy atom. The molecule has 0 fully saturated rings. The Bertz CT molecular complexity index is 149. The lowest BCUT2D eigenvalue weighted by molar-refractivity contribution is -0.154. The van der Waals surface area contributed by atoms with Crippen LogP contribution in [-0.4, -0.2) is 24.7 Å². The summed E-state index contributed by atoms with van der Waals surface area (Å²) in [4.78, 5) is 11.2. The van der Waals surface area contributed by atoms with Crippen molar-refractivity contribution >= 4 is 5.97 Å². The van der Waals surface area contributed by atoms with Gasteiger partial charge in [-0.15, -0.1) is 0 Å². The number of hydrogen-bond acceptors (Lipinski definition) is 3. The number of hydrogen-bond donors (Lipinski definition) is 1. The zero-order valence-corrected chi connectivity index (χ0v) is 9.14. The van der Waals surface area contributed by atoms with E-state index in [4.69, 9.17) is 4.74 Å². The van der Waals surface area contributed by atoms with Gasteiger partial charge in [0.15, 0.2) is 0 Å². The molecule has 0 aliphatic heterocycles. The third-order valence-corrected chi connectivity index (χ3v) is 1.40. The highest BCUT2D eigenvalue weighted by Gasteiger charge is 2.15. The average Bonchev–Trinajstić information content (AvgIpc) is 1.94. The minimum absolute atomic E-state index is 0.106. The molecule has 0 radical (unpaired) electrons. The van der Waals surface area contributed by atoms with Crippen LogP contribution in [0.4, 0.5) is 0 Å². The largest absolute Gasteiger partial charge is 0.460 e. The fraction of sp³-hybridized carbons (Fsp3) is 0.900. The van der Waals surface area contributed by atoms with Crippen LogP contribution in [0.25, 0.3) is 0 Å². The number of ether oxygens (including phenoxy) is 1. The second-order valence-corrected chi connectivity index (χ2v) is 4.04. The molecule has 0 saturated carbocycles. The maximum atomic E-state index is 11.2. The van der Waals surface area contributed by atoms with E-state index in [-0.39, 0.29) is 11.6 Å². The highest BCUT2D eigenvalue weighted by molar-refractivity contribution is 5.69. The summed E-state index contributed by atoms with van der Waals surface area (Å²) in [5.41, 5.74) is -0.352. The fourth-order valence-electron chi connectivity index (χ4n) is 0.927. The predicted octanol–water partition coefficient (Wildman–Crippen LogP) is 1.72. The van der Waals surface area contributed by atoms with Gasteiger partial charge < -0.3 is 10.1 Å². The van der Waals surface area contributed by atoms with Gasteiger partial charge in [-0.25, -0.2) is 0 Å². The van der Waals surface area contributed by atoms with Crippen LogP contribution in [0, 0.1) is 0 Å². The summed E-state index contributed by atoms with van der Waals surface area (Å²) >= 11 is 0. The molecule has 0 aliphatic rings. The van der Waals surface area contributed by atoms with Crippen molar-refractivity contribution in [2.24, 2.45) is 0 Å². The molecule has 0 aromatic rings. The van der Waals surface area contributed by atoms with Crippen molar-refractivity contribution in [1.29, 1.82) is 0 Å². The monoisotopic (exact) mass is 187 g/mol. The van der Waals surface area contributed by atoms with Crippen LogP contribution in [0.3, 0.4) is 0 Å². The van der Waals surface area contributed by atoms with Gasteiger partial charge >= 0.3 is 5.97 Å². The van der Waals surface area contributed by atoms with E-state index < -0.39 is 0 Å². The molecule has 0 amide bonds. The van der Waals surface area contributed by atoms with Crippen molar-refractivity contribution in [2.75, 3.05) is 13.1 Å². The molecule has 0 heterocycles. The molecule has 0 unspecified atom stereocenters. The van der Waals surface area contributed by atoms with Crippen LogP contribution >= 0.6 is 0 Å². The van der Waals surface area contributed by atoms with Crippen LogP contribution in [0.5, 0.6) is 0 Å². The molecule has 0 bridgehead atoms. The first-order valence-corrected chi connectivity index (χ1v) is 4.88. The zero-order valence-electron chi connectivity index (χ0n) is 9.14. The van der Waals surface area contributed by atoms with Crippen molar-refractivity contribution in [3.05, 3.63) is 0 Å². The molecular weight excluding hydrogens is 166 g/mol. The smallest absolute Gasteiger partial charge is 0.306 e. The molecule has 0 aromatic carbocycles. The third kappa shape index (κ3) is 9.34. The Balaban J connectivity index is 3.41. The summed E-state index contributed by atoms with van der Waals surface area (Å²) in [5, 5.41) is 3.16. The molecule has 13 heavy (non-hydrogen) atoms. The van der Waals surface area contributed by atoms with Gasteiger partial charge in [0, 0.05) is 6.42 Å². The van der Waals surface area contributed by atoms with Crippen LogP contribution in [0.15, 0.2) is 0 Å². The second-order valence-electron chi connectivity index (χ2n) is 4.04. The summed E-state index contributed by atoms with van der Waals surface area (Å²) in [6.07, 6.45) is 1.35. The standard InChI is InChI=1S/C10H21NO2/c1-5-11-8-6-7-9(12)13-10(2,3)4/h11H,5-8H2,1-4H3. The topological polar surface area (TPSA) is 38.3 Å². The fourth-order valence-corrected chi connectivity index (χ4v) is 0.927. The van der Waals surface area contributed by atoms with Crippen LogP contribution < -0.4 is 5.32 Å². The van der Waals surface area contributed by atoms with Gasteiger partial charge in [-0.05, 0) is 40.3 Å². The van der Waals surface area contributed by atoms with Crippen molar-refractivity contribution in [2.45, 2.75) is 46.1 Å². The Labute approximate surface area is 80.8 Å². The number of carbonyl (C=O) groups excluding carboxylic acids is 1. The number of esters is 1. The molecule has 78 valence electrons. The van der Waals surface area contributed by atoms with Gasteiger partial charge in [0.2, 0.25) is 0 Å². The van der Waals surface area contributed by atoms with Crippen molar-refractivity contribution < 1.29 is 9.53 Å². The third-order valence-electron chi connectivity index (χ3n) is 1.40. The first-order chi connectivity index (χ1) is 5.95. The minimum Gasteiger partial charge on any atom is -0.460 e. The quantitative estimate of drug-likeness (QED) is 0.526. The van der Waals surface area contributed by atoms with Gasteiger partial charge in [0.05, 0.1) is 0 Å². The second kappa shape index (κ2) is 5.97. The van der Waals surface area contributed by atoms with Crippen molar-refractivity contribution in [3.8, 4) is 0 Å². The van der Waals surface area contributed by atoms with E-state index in [1.165, 1.54) is 0 Å². The predicted molar refractivity (Wildman–Crippen MR) is 53.6 cm³/mol. The van der Waals surface area contributed by atoms with Crippen molar-refractivity contribution in [1.82, 2.24) is 5.32 Å². The van der Waals surface area contributed by atoms with Gasteiger partial charge in [0.25, 0.3) is 0 Å². The maximum Gasteiger partial charge on any atom is 0.306 e. The molecule has 0 spiro atoms. The van der Waals surface area contributed by atoms with Gasteiger partial charge in [-0.2, -0.15) is 0 Å². The Morgan fingerprint density at radius 2 is 2.00 bits per heavy atom. The van der Waals surface area contributed by atoms with E-state index in [1.54, 1.807) is 0 Å². The molecule has 3 nitrogen and oxygen atoms in total. The minimum atomic E-state index is -0.352. The first-order valence-electron chi connectivity index (χ1n) is 4.88. The Hall–Kier alpha value is -0.570. The lowest BCUT2D eigenvalue weighted by Gasteiger charge is -2.19. The molecule has 0 saturated heterocycles. The lowest BCUT2D eigenvalue weighted by Crippen LogP contribution is -2.24. The van der Waals surface area contributed by atoms with E-state index >= 15 is 0 Å². The molecule has 0 aromatic heterocycles. The highest BCUT2D eigenvalue weighted by Crippen LogP contribution is 2.08. The SMILES string of the molecule is CCNCCCC(=O)OC(C)(C)C. The van der Waals surface area contributed by atoms with E-state index in [2.05, 4.69) is 5.32 Å². The Kier molecular flexibility index (Phi) is 5.71. The van der Waals surface area contributed by atoms with Crippen molar-refractivity contribution in [3.63, 3.8) is 0 Å².